The molecule has 0 saturated carbocycles. The monoisotopic (exact) mass is 321 g/mol. The predicted octanol–water partition coefficient (Wildman–Crippen LogP) is 4.29. The molecule has 24 heavy (non-hydrogen) atoms. The minimum atomic E-state index is -1.01. The maximum Gasteiger partial charge on any atom is 0.411 e. The highest BCUT2D eigenvalue weighted by molar-refractivity contribution is 6.09. The molecule has 0 spiro atoms. The molecule has 120 valence electrons. The first kappa shape index (κ1) is 15.6. The van der Waals surface area contributed by atoms with E-state index in [2.05, 4.69) is 5.32 Å². The third-order valence-electron chi connectivity index (χ3n) is 3.60. The maximum absolute atomic E-state index is 12.0. The molecule has 0 bridgehead atoms. The van der Waals surface area contributed by atoms with Crippen LogP contribution in [-0.2, 0) is 11.3 Å². The summed E-state index contributed by atoms with van der Waals surface area (Å²) in [7, 11) is 0. The van der Waals surface area contributed by atoms with Gasteiger partial charge in [-0.05, 0) is 23.1 Å². The van der Waals surface area contributed by atoms with Gasteiger partial charge in [-0.25, -0.2) is 9.59 Å². The van der Waals surface area contributed by atoms with Gasteiger partial charge in [0.15, 0.2) is 0 Å². The van der Waals surface area contributed by atoms with Crippen LogP contribution in [0.25, 0.3) is 10.8 Å². The summed E-state index contributed by atoms with van der Waals surface area (Å²) < 4.78 is 5.19. The van der Waals surface area contributed by atoms with Gasteiger partial charge in [0.2, 0.25) is 0 Å². The van der Waals surface area contributed by atoms with Crippen molar-refractivity contribution in [2.45, 2.75) is 6.61 Å². The van der Waals surface area contributed by atoms with Crippen LogP contribution in [0, 0.1) is 0 Å². The second kappa shape index (κ2) is 6.83. The molecule has 0 aliphatic carbocycles. The second-order valence-corrected chi connectivity index (χ2v) is 5.20. The van der Waals surface area contributed by atoms with Crippen LogP contribution in [0.5, 0.6) is 0 Å². The number of carboxylic acids is 1. The number of hydrogen-bond acceptors (Lipinski definition) is 3. The summed E-state index contributed by atoms with van der Waals surface area (Å²) in [4.78, 5) is 23.3. The number of carbonyl (C=O) groups excluding carboxylic acids is 1. The fourth-order valence-electron chi connectivity index (χ4n) is 2.47. The van der Waals surface area contributed by atoms with E-state index in [0.717, 1.165) is 5.56 Å². The van der Waals surface area contributed by atoms with E-state index in [1.807, 2.05) is 30.3 Å². The number of anilines is 1. The van der Waals surface area contributed by atoms with Gasteiger partial charge in [-0.2, -0.15) is 0 Å². The maximum atomic E-state index is 12.0. The van der Waals surface area contributed by atoms with Gasteiger partial charge in [0.05, 0.1) is 11.3 Å². The molecule has 3 rings (SSSR count). The topological polar surface area (TPSA) is 75.6 Å². The largest absolute Gasteiger partial charge is 0.478 e. The predicted molar refractivity (Wildman–Crippen MR) is 91.2 cm³/mol. The average molecular weight is 321 g/mol. The molecule has 1 amide bonds. The quantitative estimate of drug-likeness (QED) is 0.752. The van der Waals surface area contributed by atoms with E-state index >= 15 is 0 Å². The summed E-state index contributed by atoms with van der Waals surface area (Å²) in [5.74, 6) is -1.01. The molecular weight excluding hydrogens is 306 g/mol. The van der Waals surface area contributed by atoms with Crippen molar-refractivity contribution in [3.63, 3.8) is 0 Å². The van der Waals surface area contributed by atoms with Crippen molar-refractivity contribution in [3.05, 3.63) is 77.9 Å². The summed E-state index contributed by atoms with van der Waals surface area (Å²) in [6.45, 7) is 0.164. The summed E-state index contributed by atoms with van der Waals surface area (Å²) in [5, 5.41) is 13.1. The van der Waals surface area contributed by atoms with Gasteiger partial charge >= 0.3 is 12.1 Å². The SMILES string of the molecule is O=C(Nc1cccc2c(C(=O)O)cccc12)OCc1ccccc1. The first-order valence-electron chi connectivity index (χ1n) is 7.38. The Balaban J connectivity index is 1.79. The van der Waals surface area contributed by atoms with Crippen molar-refractivity contribution in [3.8, 4) is 0 Å². The van der Waals surface area contributed by atoms with Crippen molar-refractivity contribution in [2.24, 2.45) is 0 Å². The molecule has 0 radical (unpaired) electrons. The average Bonchev–Trinajstić information content (AvgIpc) is 2.60. The van der Waals surface area contributed by atoms with E-state index in [9.17, 15) is 14.7 Å². The number of fused-ring (bicyclic) bond motifs is 1. The molecule has 3 aromatic rings. The molecule has 0 atom stereocenters. The second-order valence-electron chi connectivity index (χ2n) is 5.20. The van der Waals surface area contributed by atoms with Crippen molar-refractivity contribution in [2.75, 3.05) is 5.32 Å². The molecule has 5 nitrogen and oxygen atoms in total. The van der Waals surface area contributed by atoms with Crippen LogP contribution in [0.4, 0.5) is 10.5 Å². The molecule has 5 heteroatoms. The van der Waals surface area contributed by atoms with Crippen LogP contribution in [-0.4, -0.2) is 17.2 Å². The molecule has 3 aromatic carbocycles. The van der Waals surface area contributed by atoms with Crippen LogP contribution in [0.2, 0.25) is 0 Å². The molecule has 0 saturated heterocycles. The Labute approximate surface area is 138 Å². The fraction of sp³-hybridized carbons (Fsp3) is 0.0526. The number of aromatic carboxylic acids is 1. The van der Waals surface area contributed by atoms with Gasteiger partial charge in [-0.15, -0.1) is 0 Å². The van der Waals surface area contributed by atoms with Crippen LogP contribution >= 0.6 is 0 Å². The number of rotatable bonds is 4. The molecule has 0 aromatic heterocycles. The molecule has 0 fully saturated rings. The summed E-state index contributed by atoms with van der Waals surface area (Å²) in [6.07, 6.45) is -0.591. The zero-order valence-electron chi connectivity index (χ0n) is 12.7. The standard InChI is InChI=1S/C19H15NO4/c21-18(22)16-10-4-9-15-14(16)8-5-11-17(15)20-19(23)24-12-13-6-2-1-3-7-13/h1-11H,12H2,(H,20,23)(H,21,22). The lowest BCUT2D eigenvalue weighted by Gasteiger charge is -2.10. The van der Waals surface area contributed by atoms with Crippen LogP contribution in [0.15, 0.2) is 66.7 Å². The Morgan fingerprint density at radius 1 is 0.875 bits per heavy atom. The van der Waals surface area contributed by atoms with Gasteiger partial charge in [-0.3, -0.25) is 5.32 Å². The molecule has 0 aliphatic heterocycles. The van der Waals surface area contributed by atoms with Crippen LogP contribution in [0.1, 0.15) is 15.9 Å². The number of amides is 1. The zero-order valence-corrected chi connectivity index (χ0v) is 12.7. The number of carboxylic acid groups (broad SMARTS) is 1. The van der Waals surface area contributed by atoms with Gasteiger partial charge < -0.3 is 9.84 Å². The van der Waals surface area contributed by atoms with Crippen molar-refractivity contribution < 1.29 is 19.4 Å². The minimum absolute atomic E-state index is 0.164. The number of ether oxygens (including phenoxy) is 1. The smallest absolute Gasteiger partial charge is 0.411 e. The highest BCUT2D eigenvalue weighted by atomic mass is 16.5. The summed E-state index contributed by atoms with van der Waals surface area (Å²) in [5.41, 5.74) is 1.58. The van der Waals surface area contributed by atoms with Gasteiger partial charge in [-0.1, -0.05) is 54.6 Å². The van der Waals surface area contributed by atoms with E-state index in [-0.39, 0.29) is 12.2 Å². The number of hydrogen-bond donors (Lipinski definition) is 2. The third-order valence-corrected chi connectivity index (χ3v) is 3.60. The minimum Gasteiger partial charge on any atom is -0.478 e. The molecule has 0 unspecified atom stereocenters. The lowest BCUT2D eigenvalue weighted by Crippen LogP contribution is -2.13. The van der Waals surface area contributed by atoms with Crippen LogP contribution in [0.3, 0.4) is 0 Å². The summed E-state index contributed by atoms with van der Waals surface area (Å²) >= 11 is 0. The van der Waals surface area contributed by atoms with E-state index < -0.39 is 12.1 Å². The Kier molecular flexibility index (Phi) is 4.43. The first-order chi connectivity index (χ1) is 11.6. The molecule has 0 aliphatic rings. The first-order valence-corrected chi connectivity index (χ1v) is 7.38. The van der Waals surface area contributed by atoms with Crippen LogP contribution < -0.4 is 5.32 Å². The van der Waals surface area contributed by atoms with Crippen molar-refractivity contribution in [1.82, 2.24) is 0 Å². The van der Waals surface area contributed by atoms with Gasteiger partial charge in [0.1, 0.15) is 6.61 Å². The lowest BCUT2D eigenvalue weighted by molar-refractivity contribution is 0.0699. The Morgan fingerprint density at radius 3 is 2.33 bits per heavy atom. The highest BCUT2D eigenvalue weighted by Crippen LogP contribution is 2.26. The molecule has 0 heterocycles. The number of nitrogens with one attached hydrogen (secondary N) is 1. The van der Waals surface area contributed by atoms with E-state index in [4.69, 9.17) is 4.74 Å². The van der Waals surface area contributed by atoms with E-state index in [1.165, 1.54) is 6.07 Å². The Morgan fingerprint density at radius 2 is 1.58 bits per heavy atom. The number of carbonyl (C=O) groups is 2. The Bertz CT molecular complexity index is 890. The Hall–Kier alpha value is -3.34. The fourth-order valence-corrected chi connectivity index (χ4v) is 2.47. The van der Waals surface area contributed by atoms with Gasteiger partial charge in [0.25, 0.3) is 0 Å². The third kappa shape index (κ3) is 3.35. The lowest BCUT2D eigenvalue weighted by atomic mass is 10.0. The molecular formula is C19H15NO4. The van der Waals surface area contributed by atoms with Crippen molar-refractivity contribution in [1.29, 1.82) is 0 Å². The van der Waals surface area contributed by atoms with E-state index in [0.29, 0.717) is 16.5 Å². The number of benzene rings is 3. The normalized spacial score (nSPS) is 10.3. The summed E-state index contributed by atoms with van der Waals surface area (Å²) in [6, 6.07) is 19.4. The zero-order chi connectivity index (χ0) is 16.9. The highest BCUT2D eigenvalue weighted by Gasteiger charge is 2.12. The van der Waals surface area contributed by atoms with Crippen molar-refractivity contribution >= 4 is 28.5 Å². The van der Waals surface area contributed by atoms with Gasteiger partial charge in [0, 0.05) is 5.39 Å². The molecule has 2 N–H and O–H groups in total. The van der Waals surface area contributed by atoms with E-state index in [1.54, 1.807) is 30.3 Å².